The van der Waals surface area contributed by atoms with Gasteiger partial charge >= 0.3 is 0 Å². The fourth-order valence-electron chi connectivity index (χ4n) is 3.11. The molecule has 1 aliphatic heterocycles. The van der Waals surface area contributed by atoms with Crippen LogP contribution in [-0.2, 0) is 11.3 Å². The van der Waals surface area contributed by atoms with E-state index in [1.54, 1.807) is 23.7 Å². The Balaban J connectivity index is 1.83. The fraction of sp³-hybridized carbons (Fsp3) is 0.444. The molecule has 3 rings (SSSR count). The number of aliphatic hydroxyl groups is 1. The lowest BCUT2D eigenvalue weighted by Gasteiger charge is -2.27. The third-order valence-corrected chi connectivity index (χ3v) is 5.76. The van der Waals surface area contributed by atoms with Crippen LogP contribution in [0.2, 0.25) is 0 Å². The molecule has 0 bridgehead atoms. The molecule has 1 amide bonds. The lowest BCUT2D eigenvalue weighted by atomic mass is 10.0. The zero-order chi connectivity index (χ0) is 17.3. The number of hydrogen-bond donors (Lipinski definition) is 1. The van der Waals surface area contributed by atoms with Crippen LogP contribution in [-0.4, -0.2) is 49.8 Å². The maximum Gasteiger partial charge on any atom is 0.255 e. The van der Waals surface area contributed by atoms with E-state index in [0.29, 0.717) is 18.7 Å². The van der Waals surface area contributed by atoms with E-state index in [-0.39, 0.29) is 5.91 Å². The number of nitrogens with zero attached hydrogens (tertiary/aromatic N) is 3. The Morgan fingerprint density at radius 1 is 1.38 bits per heavy atom. The molecule has 0 unspecified atom stereocenters. The first kappa shape index (κ1) is 17.0. The summed E-state index contributed by atoms with van der Waals surface area (Å²) in [4.78, 5) is 14.2. The van der Waals surface area contributed by atoms with Gasteiger partial charge in [-0.15, -0.1) is 0 Å². The average Bonchev–Trinajstić information content (AvgIpc) is 3.14. The van der Waals surface area contributed by atoms with Gasteiger partial charge in [0.1, 0.15) is 0 Å². The van der Waals surface area contributed by atoms with E-state index in [1.807, 2.05) is 48.9 Å². The maximum atomic E-state index is 12.6. The zero-order valence-corrected chi connectivity index (χ0v) is 15.1. The average molecular weight is 345 g/mol. The summed E-state index contributed by atoms with van der Waals surface area (Å²) in [5, 5.41) is 15.1. The number of hydrogen-bond acceptors (Lipinski definition) is 4. The van der Waals surface area contributed by atoms with Gasteiger partial charge in [-0.1, -0.05) is 18.2 Å². The maximum absolute atomic E-state index is 12.6. The molecular weight excluding hydrogens is 322 g/mol. The zero-order valence-electron chi connectivity index (χ0n) is 14.3. The number of aromatic nitrogens is 2. The van der Waals surface area contributed by atoms with Crippen molar-refractivity contribution in [1.29, 1.82) is 0 Å². The molecule has 2 heterocycles. The first-order valence-electron chi connectivity index (χ1n) is 8.08. The predicted molar refractivity (Wildman–Crippen MR) is 96.4 cm³/mol. The largest absolute Gasteiger partial charge is 0.379 e. The molecular formula is C18H23N3O2S. The van der Waals surface area contributed by atoms with Crippen molar-refractivity contribution in [3.8, 4) is 5.69 Å². The second kappa shape index (κ2) is 6.61. The molecule has 1 N–H and O–H groups in total. The Labute approximate surface area is 146 Å². The van der Waals surface area contributed by atoms with E-state index in [4.69, 9.17) is 0 Å². The molecule has 24 heavy (non-hydrogen) atoms. The Morgan fingerprint density at radius 3 is 2.71 bits per heavy atom. The predicted octanol–water partition coefficient (Wildman–Crippen LogP) is 2.32. The molecule has 5 nitrogen and oxygen atoms in total. The summed E-state index contributed by atoms with van der Waals surface area (Å²) in [6.45, 7) is 4.43. The number of likely N-dealkylation sites (N-methyl/N-ethyl adjacent to an activating group) is 1. The number of aryl methyl sites for hydroxylation is 1. The van der Waals surface area contributed by atoms with Crippen LogP contribution >= 0.6 is 11.8 Å². The summed E-state index contributed by atoms with van der Waals surface area (Å²) in [5.74, 6) is 1.12. The highest BCUT2D eigenvalue weighted by molar-refractivity contribution is 7.99. The minimum absolute atomic E-state index is 0.196. The molecule has 1 aliphatic rings. The van der Waals surface area contributed by atoms with Crippen LogP contribution in [0.25, 0.3) is 5.69 Å². The summed E-state index contributed by atoms with van der Waals surface area (Å²) in [6.07, 6.45) is 0.530. The Bertz CT molecular complexity index is 736. The van der Waals surface area contributed by atoms with Gasteiger partial charge in [0.05, 0.1) is 11.4 Å². The van der Waals surface area contributed by atoms with E-state index in [1.165, 1.54) is 0 Å². The van der Waals surface area contributed by atoms with Gasteiger partial charge in [-0.3, -0.25) is 4.79 Å². The first-order valence-corrected chi connectivity index (χ1v) is 9.24. The lowest BCUT2D eigenvalue weighted by Crippen LogP contribution is -2.47. The summed E-state index contributed by atoms with van der Waals surface area (Å²) < 4.78 is 1.91. The van der Waals surface area contributed by atoms with Crippen molar-refractivity contribution in [2.24, 2.45) is 0 Å². The number of benzene rings is 1. The molecule has 1 aromatic heterocycles. The number of carbonyl (C=O) groups excluding carboxylic acids is 1. The molecule has 1 atom stereocenters. The number of para-hydroxylation sites is 1. The van der Waals surface area contributed by atoms with Gasteiger partial charge in [-0.2, -0.15) is 16.9 Å². The summed E-state index contributed by atoms with van der Waals surface area (Å²) >= 11 is 1.63. The second-order valence-corrected chi connectivity index (χ2v) is 7.50. The standard InChI is InChI=1S/C18H23N3O2S/c1-13-16(11-20(3)17(22)18(23)9-10-24-12-18)14(2)21(19-13)15-7-5-4-6-8-15/h4-8,23H,9-12H2,1-3H3/t18-/m0/s1. The van der Waals surface area contributed by atoms with Crippen molar-refractivity contribution >= 4 is 17.7 Å². The third-order valence-electron chi connectivity index (χ3n) is 4.58. The molecule has 0 saturated carbocycles. The number of amides is 1. The van der Waals surface area contributed by atoms with Gasteiger partial charge in [0.15, 0.2) is 5.60 Å². The Hall–Kier alpha value is -1.79. The van der Waals surface area contributed by atoms with Crippen LogP contribution in [0.5, 0.6) is 0 Å². The highest BCUT2D eigenvalue weighted by Crippen LogP contribution is 2.30. The number of rotatable bonds is 4. The Kier molecular flexibility index (Phi) is 4.69. The van der Waals surface area contributed by atoms with Crippen LogP contribution in [0.15, 0.2) is 30.3 Å². The van der Waals surface area contributed by atoms with Crippen molar-refractivity contribution in [2.75, 3.05) is 18.6 Å². The molecule has 128 valence electrons. The lowest BCUT2D eigenvalue weighted by molar-refractivity contribution is -0.147. The van der Waals surface area contributed by atoms with Gasteiger partial charge in [0, 0.05) is 30.6 Å². The summed E-state index contributed by atoms with van der Waals surface area (Å²) in [5.41, 5.74) is 2.75. The minimum Gasteiger partial charge on any atom is -0.379 e. The van der Waals surface area contributed by atoms with E-state index in [2.05, 4.69) is 5.10 Å². The third kappa shape index (κ3) is 3.08. The smallest absolute Gasteiger partial charge is 0.255 e. The number of carbonyl (C=O) groups is 1. The van der Waals surface area contributed by atoms with Gasteiger partial charge in [-0.05, 0) is 38.2 Å². The van der Waals surface area contributed by atoms with Crippen LogP contribution in [0, 0.1) is 13.8 Å². The highest BCUT2D eigenvalue weighted by atomic mass is 32.2. The minimum atomic E-state index is -1.21. The van der Waals surface area contributed by atoms with Gasteiger partial charge in [-0.25, -0.2) is 4.68 Å². The molecule has 0 aliphatic carbocycles. The first-order chi connectivity index (χ1) is 11.4. The van der Waals surface area contributed by atoms with Crippen LogP contribution in [0.4, 0.5) is 0 Å². The topological polar surface area (TPSA) is 58.4 Å². The summed E-state index contributed by atoms with van der Waals surface area (Å²) in [6, 6.07) is 9.96. The second-order valence-electron chi connectivity index (χ2n) is 6.39. The fourth-order valence-corrected chi connectivity index (χ4v) is 4.34. The van der Waals surface area contributed by atoms with Crippen LogP contribution in [0.3, 0.4) is 0 Å². The molecule has 1 saturated heterocycles. The van der Waals surface area contributed by atoms with Crippen molar-refractivity contribution in [2.45, 2.75) is 32.4 Å². The van der Waals surface area contributed by atoms with E-state index >= 15 is 0 Å². The molecule has 1 aromatic carbocycles. The molecule has 0 spiro atoms. The molecule has 1 fully saturated rings. The highest BCUT2D eigenvalue weighted by Gasteiger charge is 2.41. The SMILES string of the molecule is Cc1nn(-c2ccccc2)c(C)c1CN(C)C(=O)[C@]1(O)CCSC1. The quantitative estimate of drug-likeness (QED) is 0.924. The monoisotopic (exact) mass is 345 g/mol. The van der Waals surface area contributed by atoms with Crippen molar-refractivity contribution in [1.82, 2.24) is 14.7 Å². The molecule has 2 aromatic rings. The van der Waals surface area contributed by atoms with Crippen LogP contribution < -0.4 is 0 Å². The van der Waals surface area contributed by atoms with E-state index in [0.717, 1.165) is 28.4 Å². The van der Waals surface area contributed by atoms with Crippen molar-refractivity contribution < 1.29 is 9.90 Å². The van der Waals surface area contributed by atoms with Crippen LogP contribution in [0.1, 0.15) is 23.4 Å². The van der Waals surface area contributed by atoms with Crippen molar-refractivity contribution in [3.63, 3.8) is 0 Å². The van der Waals surface area contributed by atoms with Gasteiger partial charge < -0.3 is 10.0 Å². The van der Waals surface area contributed by atoms with E-state index in [9.17, 15) is 9.90 Å². The molecule has 0 radical (unpaired) electrons. The molecule has 6 heteroatoms. The normalized spacial score (nSPS) is 20.3. The van der Waals surface area contributed by atoms with E-state index < -0.39 is 5.60 Å². The van der Waals surface area contributed by atoms with Gasteiger partial charge in [0.25, 0.3) is 5.91 Å². The number of thioether (sulfide) groups is 1. The Morgan fingerprint density at radius 2 is 2.08 bits per heavy atom. The van der Waals surface area contributed by atoms with Crippen molar-refractivity contribution in [3.05, 3.63) is 47.3 Å². The van der Waals surface area contributed by atoms with Gasteiger partial charge in [0.2, 0.25) is 0 Å². The summed E-state index contributed by atoms with van der Waals surface area (Å²) in [7, 11) is 1.75.